The van der Waals surface area contributed by atoms with E-state index in [0.29, 0.717) is 13.2 Å². The first-order valence-corrected chi connectivity index (χ1v) is 8.46. The van der Waals surface area contributed by atoms with E-state index in [9.17, 15) is 0 Å². The molecule has 2 aromatic rings. The monoisotopic (exact) mass is 317 g/mol. The summed E-state index contributed by atoms with van der Waals surface area (Å²) >= 11 is 1.77. The van der Waals surface area contributed by atoms with Gasteiger partial charge in [0.2, 0.25) is 0 Å². The number of nitrogens with zero attached hydrogens (tertiary/aromatic N) is 2. The maximum absolute atomic E-state index is 5.68. The molecule has 3 heterocycles. The summed E-state index contributed by atoms with van der Waals surface area (Å²) in [5.74, 6) is 1.64. The Bertz CT molecular complexity index is 680. The molecule has 1 N–H and O–H groups in total. The lowest BCUT2D eigenvalue weighted by Crippen LogP contribution is -2.43. The smallest absolute Gasteiger partial charge is 0.186 e. The van der Waals surface area contributed by atoms with Crippen molar-refractivity contribution in [2.45, 2.75) is 6.92 Å². The molecule has 116 valence electrons. The first-order valence-electron chi connectivity index (χ1n) is 7.64. The van der Waals surface area contributed by atoms with Crippen molar-refractivity contribution >= 4 is 16.5 Å². The number of hydrogen-bond donors (Lipinski definition) is 1. The SMILES string of the molecule is Cc1sc(N2CCNCC2)nc1-c1ccc2c(c1)OCCO2. The van der Waals surface area contributed by atoms with Crippen LogP contribution in [0.1, 0.15) is 4.88 Å². The maximum atomic E-state index is 5.68. The lowest BCUT2D eigenvalue weighted by Gasteiger charge is -2.26. The number of benzene rings is 1. The molecule has 0 bridgehead atoms. The number of piperazine rings is 1. The van der Waals surface area contributed by atoms with Crippen molar-refractivity contribution in [2.75, 3.05) is 44.3 Å². The highest BCUT2D eigenvalue weighted by Gasteiger charge is 2.19. The molecule has 1 aromatic carbocycles. The molecular weight excluding hydrogens is 298 g/mol. The number of nitrogens with one attached hydrogen (secondary N) is 1. The first kappa shape index (κ1) is 13.8. The summed E-state index contributed by atoms with van der Waals surface area (Å²) in [7, 11) is 0. The van der Waals surface area contributed by atoms with Crippen LogP contribution in [0.3, 0.4) is 0 Å². The minimum atomic E-state index is 0.610. The number of hydrogen-bond acceptors (Lipinski definition) is 6. The second-order valence-corrected chi connectivity index (χ2v) is 6.68. The summed E-state index contributed by atoms with van der Waals surface area (Å²) in [4.78, 5) is 8.47. The number of aryl methyl sites for hydroxylation is 1. The fourth-order valence-electron chi connectivity index (χ4n) is 2.83. The van der Waals surface area contributed by atoms with E-state index in [2.05, 4.69) is 23.2 Å². The molecule has 0 radical (unpaired) electrons. The fourth-order valence-corrected chi connectivity index (χ4v) is 3.81. The largest absolute Gasteiger partial charge is 0.486 e. The lowest BCUT2D eigenvalue weighted by atomic mass is 10.1. The minimum absolute atomic E-state index is 0.610. The Labute approximate surface area is 133 Å². The Morgan fingerprint density at radius 1 is 1.14 bits per heavy atom. The third-order valence-corrected chi connectivity index (χ3v) is 5.02. The molecule has 0 aliphatic carbocycles. The van der Waals surface area contributed by atoms with E-state index in [-0.39, 0.29) is 0 Å². The van der Waals surface area contributed by atoms with Gasteiger partial charge in [-0.25, -0.2) is 4.98 Å². The average molecular weight is 317 g/mol. The quantitative estimate of drug-likeness (QED) is 0.921. The molecule has 1 saturated heterocycles. The second kappa shape index (κ2) is 5.78. The van der Waals surface area contributed by atoms with Gasteiger partial charge in [0.15, 0.2) is 16.6 Å². The van der Waals surface area contributed by atoms with Crippen LogP contribution in [0, 0.1) is 6.92 Å². The average Bonchev–Trinajstić information content (AvgIpc) is 2.97. The van der Waals surface area contributed by atoms with E-state index in [0.717, 1.165) is 54.1 Å². The number of thiazole rings is 1. The highest BCUT2D eigenvalue weighted by Crippen LogP contribution is 2.38. The van der Waals surface area contributed by atoms with Crippen LogP contribution in [-0.4, -0.2) is 44.4 Å². The molecule has 4 rings (SSSR count). The minimum Gasteiger partial charge on any atom is -0.486 e. The van der Waals surface area contributed by atoms with Gasteiger partial charge in [0.25, 0.3) is 0 Å². The third kappa shape index (κ3) is 2.53. The van der Waals surface area contributed by atoms with Crippen LogP contribution in [0.4, 0.5) is 5.13 Å². The summed E-state index contributed by atoms with van der Waals surface area (Å²) in [6.07, 6.45) is 0. The zero-order chi connectivity index (χ0) is 14.9. The molecule has 22 heavy (non-hydrogen) atoms. The van der Waals surface area contributed by atoms with E-state index < -0.39 is 0 Å². The van der Waals surface area contributed by atoms with Gasteiger partial charge in [-0.1, -0.05) is 0 Å². The molecule has 2 aliphatic rings. The molecule has 2 aliphatic heterocycles. The van der Waals surface area contributed by atoms with Gasteiger partial charge < -0.3 is 19.7 Å². The van der Waals surface area contributed by atoms with Crippen molar-refractivity contribution in [2.24, 2.45) is 0 Å². The second-order valence-electron chi connectivity index (χ2n) is 5.50. The topological polar surface area (TPSA) is 46.6 Å². The third-order valence-electron chi connectivity index (χ3n) is 3.99. The van der Waals surface area contributed by atoms with Crippen LogP contribution < -0.4 is 19.7 Å². The number of aromatic nitrogens is 1. The fraction of sp³-hybridized carbons (Fsp3) is 0.438. The van der Waals surface area contributed by atoms with Crippen molar-refractivity contribution in [3.63, 3.8) is 0 Å². The maximum Gasteiger partial charge on any atom is 0.186 e. The molecule has 0 atom stereocenters. The van der Waals surface area contributed by atoms with Crippen LogP contribution in [0.15, 0.2) is 18.2 Å². The molecule has 0 saturated carbocycles. The molecule has 6 heteroatoms. The van der Waals surface area contributed by atoms with Crippen LogP contribution >= 0.6 is 11.3 Å². The Kier molecular flexibility index (Phi) is 3.63. The summed E-state index contributed by atoms with van der Waals surface area (Å²) in [5, 5.41) is 4.49. The number of fused-ring (bicyclic) bond motifs is 1. The van der Waals surface area contributed by atoms with E-state index in [1.54, 1.807) is 11.3 Å². The molecule has 1 fully saturated rings. The molecule has 0 unspecified atom stereocenters. The molecule has 1 aromatic heterocycles. The van der Waals surface area contributed by atoms with E-state index in [1.807, 2.05) is 12.1 Å². The lowest BCUT2D eigenvalue weighted by molar-refractivity contribution is 0.171. The van der Waals surface area contributed by atoms with E-state index >= 15 is 0 Å². The standard InChI is InChI=1S/C16H19N3O2S/c1-11-15(18-16(22-11)19-6-4-17-5-7-19)12-2-3-13-14(10-12)21-9-8-20-13/h2-3,10,17H,4-9H2,1H3. The molecule has 0 spiro atoms. The number of ether oxygens (including phenoxy) is 2. The van der Waals surface area contributed by atoms with Crippen molar-refractivity contribution in [1.29, 1.82) is 0 Å². The normalized spacial score (nSPS) is 17.6. The van der Waals surface area contributed by atoms with Crippen LogP contribution in [0.2, 0.25) is 0 Å². The summed E-state index contributed by atoms with van der Waals surface area (Å²) in [5.41, 5.74) is 2.15. The summed E-state index contributed by atoms with van der Waals surface area (Å²) < 4.78 is 11.3. The van der Waals surface area contributed by atoms with Crippen molar-refractivity contribution in [1.82, 2.24) is 10.3 Å². The van der Waals surface area contributed by atoms with Gasteiger partial charge in [-0.3, -0.25) is 0 Å². The first-order chi connectivity index (χ1) is 10.8. The van der Waals surface area contributed by atoms with Gasteiger partial charge in [0.1, 0.15) is 13.2 Å². The van der Waals surface area contributed by atoms with E-state index in [1.165, 1.54) is 4.88 Å². The number of anilines is 1. The Balaban J connectivity index is 1.66. The summed E-state index contributed by atoms with van der Waals surface area (Å²) in [6, 6.07) is 6.09. The van der Waals surface area contributed by atoms with Gasteiger partial charge in [-0.15, -0.1) is 11.3 Å². The van der Waals surface area contributed by atoms with Crippen molar-refractivity contribution in [3.8, 4) is 22.8 Å². The van der Waals surface area contributed by atoms with Crippen molar-refractivity contribution < 1.29 is 9.47 Å². The van der Waals surface area contributed by atoms with E-state index in [4.69, 9.17) is 14.5 Å². The number of rotatable bonds is 2. The van der Waals surface area contributed by atoms with Crippen LogP contribution in [0.25, 0.3) is 11.3 Å². The zero-order valence-corrected chi connectivity index (χ0v) is 13.4. The summed E-state index contributed by atoms with van der Waals surface area (Å²) in [6.45, 7) is 7.46. The van der Waals surface area contributed by atoms with Crippen molar-refractivity contribution in [3.05, 3.63) is 23.1 Å². The Morgan fingerprint density at radius 2 is 1.91 bits per heavy atom. The Morgan fingerprint density at radius 3 is 2.73 bits per heavy atom. The van der Waals surface area contributed by atoms with Gasteiger partial charge in [-0.05, 0) is 25.1 Å². The van der Waals surface area contributed by atoms with Gasteiger partial charge in [0, 0.05) is 36.6 Å². The highest BCUT2D eigenvalue weighted by atomic mass is 32.1. The molecule has 5 nitrogen and oxygen atoms in total. The van der Waals surface area contributed by atoms with Gasteiger partial charge >= 0.3 is 0 Å². The highest BCUT2D eigenvalue weighted by molar-refractivity contribution is 7.16. The zero-order valence-electron chi connectivity index (χ0n) is 12.6. The van der Waals surface area contributed by atoms with Crippen LogP contribution in [0.5, 0.6) is 11.5 Å². The molecule has 0 amide bonds. The van der Waals surface area contributed by atoms with Crippen LogP contribution in [-0.2, 0) is 0 Å². The predicted octanol–water partition coefficient (Wildman–Crippen LogP) is 2.30. The van der Waals surface area contributed by atoms with Gasteiger partial charge in [-0.2, -0.15) is 0 Å². The Hall–Kier alpha value is -1.79. The molecular formula is C16H19N3O2S. The predicted molar refractivity (Wildman–Crippen MR) is 88.4 cm³/mol. The van der Waals surface area contributed by atoms with Gasteiger partial charge in [0.05, 0.1) is 5.69 Å².